The molecule has 0 spiro atoms. The van der Waals surface area contributed by atoms with E-state index in [1.165, 1.54) is 5.69 Å². The number of rotatable bonds is 4. The zero-order chi connectivity index (χ0) is 18.0. The number of benzene rings is 2. The second-order valence-corrected chi connectivity index (χ2v) is 7.05. The van der Waals surface area contributed by atoms with Gasteiger partial charge in [0, 0.05) is 31.9 Å². The maximum Gasteiger partial charge on any atom is 0.318 e. The van der Waals surface area contributed by atoms with Crippen LogP contribution in [0.4, 0.5) is 10.5 Å². The van der Waals surface area contributed by atoms with Crippen LogP contribution in [0.3, 0.4) is 0 Å². The Hall–Kier alpha value is -2.69. The summed E-state index contributed by atoms with van der Waals surface area (Å²) in [6, 6.07) is 18.5. The van der Waals surface area contributed by atoms with Crippen molar-refractivity contribution in [3.8, 4) is 5.75 Å². The fraction of sp³-hybridized carbons (Fsp3) is 0.381. The van der Waals surface area contributed by atoms with Gasteiger partial charge in [-0.1, -0.05) is 30.3 Å². The lowest BCUT2D eigenvalue weighted by Gasteiger charge is -2.37. The standard InChI is InChI=1S/C21H25N3O2/c1-26-19-9-7-17(8-10-19)21(11-12-21)22-20(25)24-15-13-23(14-16-24)18-5-3-2-4-6-18/h2-10H,11-16H2,1H3,(H,22,25). The van der Waals surface area contributed by atoms with E-state index in [-0.39, 0.29) is 11.6 Å². The molecular weight excluding hydrogens is 326 g/mol. The van der Waals surface area contributed by atoms with Crippen LogP contribution in [0.25, 0.3) is 0 Å². The van der Waals surface area contributed by atoms with Crippen LogP contribution >= 0.6 is 0 Å². The van der Waals surface area contributed by atoms with Gasteiger partial charge in [0.2, 0.25) is 0 Å². The molecule has 0 unspecified atom stereocenters. The van der Waals surface area contributed by atoms with Crippen LogP contribution in [-0.4, -0.2) is 44.2 Å². The van der Waals surface area contributed by atoms with E-state index in [4.69, 9.17) is 4.74 Å². The second kappa shape index (κ2) is 6.90. The van der Waals surface area contributed by atoms with Gasteiger partial charge >= 0.3 is 6.03 Å². The topological polar surface area (TPSA) is 44.8 Å². The fourth-order valence-corrected chi connectivity index (χ4v) is 3.61. The van der Waals surface area contributed by atoms with Crippen LogP contribution in [0, 0.1) is 0 Å². The molecule has 0 bridgehead atoms. The van der Waals surface area contributed by atoms with E-state index in [1.807, 2.05) is 23.1 Å². The highest BCUT2D eigenvalue weighted by Gasteiger charge is 2.46. The highest BCUT2D eigenvalue weighted by molar-refractivity contribution is 5.76. The molecule has 2 aliphatic rings. The molecule has 2 aromatic rings. The molecule has 26 heavy (non-hydrogen) atoms. The van der Waals surface area contributed by atoms with Crippen molar-refractivity contribution in [3.05, 3.63) is 60.2 Å². The molecule has 1 saturated carbocycles. The number of anilines is 1. The van der Waals surface area contributed by atoms with Gasteiger partial charge in [-0.2, -0.15) is 0 Å². The molecule has 2 amide bonds. The third-order valence-electron chi connectivity index (χ3n) is 5.43. The van der Waals surface area contributed by atoms with Gasteiger partial charge in [0.05, 0.1) is 12.6 Å². The zero-order valence-corrected chi connectivity index (χ0v) is 15.1. The van der Waals surface area contributed by atoms with E-state index in [0.717, 1.165) is 50.3 Å². The van der Waals surface area contributed by atoms with Gasteiger partial charge in [-0.15, -0.1) is 0 Å². The average Bonchev–Trinajstić information content (AvgIpc) is 3.49. The van der Waals surface area contributed by atoms with Gasteiger partial charge in [0.25, 0.3) is 0 Å². The molecule has 0 atom stereocenters. The number of ether oxygens (including phenoxy) is 1. The summed E-state index contributed by atoms with van der Waals surface area (Å²) >= 11 is 0. The van der Waals surface area contributed by atoms with Crippen molar-refractivity contribution in [2.45, 2.75) is 18.4 Å². The van der Waals surface area contributed by atoms with Crippen LogP contribution in [0.5, 0.6) is 5.75 Å². The normalized spacial score (nSPS) is 18.3. The molecule has 1 aliphatic carbocycles. The highest BCUT2D eigenvalue weighted by Crippen LogP contribution is 2.46. The van der Waals surface area contributed by atoms with Crippen LogP contribution in [-0.2, 0) is 5.54 Å². The Morgan fingerprint density at radius 2 is 1.62 bits per heavy atom. The Morgan fingerprint density at radius 3 is 2.19 bits per heavy atom. The third-order valence-corrected chi connectivity index (χ3v) is 5.43. The molecule has 0 aromatic heterocycles. The van der Waals surface area contributed by atoms with E-state index < -0.39 is 0 Å². The van der Waals surface area contributed by atoms with E-state index in [0.29, 0.717) is 0 Å². The smallest absolute Gasteiger partial charge is 0.318 e. The quantitative estimate of drug-likeness (QED) is 0.920. The van der Waals surface area contributed by atoms with E-state index in [9.17, 15) is 4.79 Å². The Bertz CT molecular complexity index is 749. The molecule has 136 valence electrons. The molecule has 2 fully saturated rings. The maximum atomic E-state index is 12.8. The Kier molecular flexibility index (Phi) is 4.45. The van der Waals surface area contributed by atoms with Gasteiger partial charge in [0.1, 0.15) is 5.75 Å². The van der Waals surface area contributed by atoms with Crippen molar-refractivity contribution in [1.29, 1.82) is 0 Å². The fourth-order valence-electron chi connectivity index (χ4n) is 3.61. The van der Waals surface area contributed by atoms with Gasteiger partial charge in [-0.05, 0) is 42.7 Å². The Labute approximate surface area is 154 Å². The minimum absolute atomic E-state index is 0.0472. The van der Waals surface area contributed by atoms with Crippen molar-refractivity contribution in [2.75, 3.05) is 38.2 Å². The summed E-state index contributed by atoms with van der Waals surface area (Å²) in [5.74, 6) is 0.841. The van der Waals surface area contributed by atoms with Crippen LogP contribution in [0.1, 0.15) is 18.4 Å². The Balaban J connectivity index is 1.35. The molecule has 5 nitrogen and oxygen atoms in total. The number of nitrogens with one attached hydrogen (secondary N) is 1. The van der Waals surface area contributed by atoms with Crippen molar-refractivity contribution < 1.29 is 9.53 Å². The van der Waals surface area contributed by atoms with E-state index in [1.54, 1.807) is 7.11 Å². The van der Waals surface area contributed by atoms with Gasteiger partial charge in [0.15, 0.2) is 0 Å². The number of carbonyl (C=O) groups is 1. The first-order valence-corrected chi connectivity index (χ1v) is 9.22. The number of nitrogens with zero attached hydrogens (tertiary/aromatic N) is 2. The van der Waals surface area contributed by atoms with Gasteiger partial charge in [-0.25, -0.2) is 4.79 Å². The number of methoxy groups -OCH3 is 1. The van der Waals surface area contributed by atoms with Crippen molar-refractivity contribution >= 4 is 11.7 Å². The van der Waals surface area contributed by atoms with E-state index >= 15 is 0 Å². The summed E-state index contributed by atoms with van der Waals surface area (Å²) in [6.45, 7) is 3.23. The predicted octanol–water partition coefficient (Wildman–Crippen LogP) is 3.22. The summed E-state index contributed by atoms with van der Waals surface area (Å²) in [5, 5.41) is 3.27. The molecule has 4 rings (SSSR count). The summed E-state index contributed by atoms with van der Waals surface area (Å²) in [4.78, 5) is 17.0. The van der Waals surface area contributed by atoms with Gasteiger partial charge in [-0.3, -0.25) is 0 Å². The van der Waals surface area contributed by atoms with Crippen LogP contribution in [0.15, 0.2) is 54.6 Å². The summed E-state index contributed by atoms with van der Waals surface area (Å²) in [6.07, 6.45) is 1.99. The monoisotopic (exact) mass is 351 g/mol. The number of hydrogen-bond donors (Lipinski definition) is 1. The summed E-state index contributed by atoms with van der Waals surface area (Å²) < 4.78 is 5.22. The largest absolute Gasteiger partial charge is 0.497 e. The average molecular weight is 351 g/mol. The highest BCUT2D eigenvalue weighted by atomic mass is 16.5. The molecule has 2 aromatic carbocycles. The molecule has 1 N–H and O–H groups in total. The SMILES string of the molecule is COc1ccc(C2(NC(=O)N3CCN(c4ccccc4)CC3)CC2)cc1. The first kappa shape index (κ1) is 16.8. The van der Waals surface area contributed by atoms with Crippen molar-refractivity contribution in [3.63, 3.8) is 0 Å². The predicted molar refractivity (Wildman–Crippen MR) is 103 cm³/mol. The van der Waals surface area contributed by atoms with Gasteiger partial charge < -0.3 is 19.9 Å². The molecule has 5 heteroatoms. The third kappa shape index (κ3) is 3.34. The molecular formula is C21H25N3O2. The lowest BCUT2D eigenvalue weighted by molar-refractivity contribution is 0.189. The molecule has 1 heterocycles. The first-order chi connectivity index (χ1) is 12.7. The van der Waals surface area contributed by atoms with Crippen LogP contribution in [0.2, 0.25) is 0 Å². The summed E-state index contributed by atoms with van der Waals surface area (Å²) in [5.41, 5.74) is 2.19. The number of urea groups is 1. The minimum atomic E-state index is -0.195. The molecule has 0 radical (unpaired) electrons. The van der Waals surface area contributed by atoms with Crippen LogP contribution < -0.4 is 15.0 Å². The lowest BCUT2D eigenvalue weighted by atomic mass is 10.0. The first-order valence-electron chi connectivity index (χ1n) is 9.22. The lowest BCUT2D eigenvalue weighted by Crippen LogP contribution is -2.53. The van der Waals surface area contributed by atoms with Crippen molar-refractivity contribution in [1.82, 2.24) is 10.2 Å². The molecule has 1 aliphatic heterocycles. The number of piperazine rings is 1. The maximum absolute atomic E-state index is 12.8. The molecule has 1 saturated heterocycles. The number of hydrogen-bond acceptors (Lipinski definition) is 3. The Morgan fingerprint density at radius 1 is 0.962 bits per heavy atom. The van der Waals surface area contributed by atoms with E-state index in [2.05, 4.69) is 46.6 Å². The number of amides is 2. The minimum Gasteiger partial charge on any atom is -0.497 e. The van der Waals surface area contributed by atoms with Crippen molar-refractivity contribution in [2.24, 2.45) is 0 Å². The number of para-hydroxylation sites is 1. The summed E-state index contributed by atoms with van der Waals surface area (Å²) in [7, 11) is 1.67. The zero-order valence-electron chi connectivity index (χ0n) is 15.1. The second-order valence-electron chi connectivity index (χ2n) is 7.05. The number of carbonyl (C=O) groups excluding carboxylic acids is 1.